The molecule has 0 aliphatic carbocycles. The van der Waals surface area contributed by atoms with Gasteiger partial charge in [0.1, 0.15) is 11.6 Å². The van der Waals surface area contributed by atoms with E-state index in [2.05, 4.69) is 38.8 Å². The van der Waals surface area contributed by atoms with Crippen molar-refractivity contribution in [2.45, 2.75) is 59.0 Å². The van der Waals surface area contributed by atoms with Crippen molar-refractivity contribution in [3.8, 4) is 5.75 Å². The van der Waals surface area contributed by atoms with Crippen molar-refractivity contribution in [2.24, 2.45) is 0 Å². The van der Waals surface area contributed by atoms with Crippen molar-refractivity contribution < 1.29 is 14.6 Å². The Bertz CT molecular complexity index is 537. The third kappa shape index (κ3) is 3.80. The van der Waals surface area contributed by atoms with Gasteiger partial charge in [0.15, 0.2) is 8.32 Å². The number of aryl methyl sites for hydroxylation is 1. The number of hydrogen-bond acceptors (Lipinski definition) is 5. The SMILES string of the molecule is Cc1nc(N(C)C)c(CO)c(CO[Si](C)(C)C(C)(C)C)c1O. The molecule has 22 heavy (non-hydrogen) atoms. The average molecular weight is 327 g/mol. The Morgan fingerprint density at radius 3 is 2.14 bits per heavy atom. The summed E-state index contributed by atoms with van der Waals surface area (Å²) in [7, 11) is 1.81. The Morgan fingerprint density at radius 1 is 1.18 bits per heavy atom. The van der Waals surface area contributed by atoms with E-state index in [4.69, 9.17) is 4.43 Å². The summed E-state index contributed by atoms with van der Waals surface area (Å²) in [4.78, 5) is 6.21. The van der Waals surface area contributed by atoms with Crippen LogP contribution in [-0.4, -0.2) is 37.6 Å². The van der Waals surface area contributed by atoms with E-state index in [9.17, 15) is 10.2 Å². The molecular weight excluding hydrogens is 296 g/mol. The number of pyridine rings is 1. The fourth-order valence-corrected chi connectivity index (χ4v) is 2.87. The Hall–Kier alpha value is -1.11. The summed E-state index contributed by atoms with van der Waals surface area (Å²) in [5.41, 5.74) is 1.82. The van der Waals surface area contributed by atoms with Crippen LogP contribution in [0.25, 0.3) is 0 Å². The molecule has 0 atom stereocenters. The smallest absolute Gasteiger partial charge is 0.192 e. The molecule has 0 radical (unpaired) electrons. The Morgan fingerprint density at radius 2 is 1.73 bits per heavy atom. The van der Waals surface area contributed by atoms with E-state index in [0.29, 0.717) is 29.2 Å². The lowest BCUT2D eigenvalue weighted by molar-refractivity contribution is 0.253. The van der Waals surface area contributed by atoms with E-state index in [1.165, 1.54) is 0 Å². The van der Waals surface area contributed by atoms with Crippen LogP contribution in [0.3, 0.4) is 0 Å². The third-order valence-corrected chi connectivity index (χ3v) is 8.98. The van der Waals surface area contributed by atoms with Crippen molar-refractivity contribution in [3.63, 3.8) is 0 Å². The molecule has 1 aromatic rings. The van der Waals surface area contributed by atoms with Gasteiger partial charge in [-0.25, -0.2) is 4.98 Å². The molecule has 0 aliphatic heterocycles. The summed E-state index contributed by atoms with van der Waals surface area (Å²) in [5, 5.41) is 20.2. The lowest BCUT2D eigenvalue weighted by Crippen LogP contribution is -2.40. The molecule has 126 valence electrons. The molecule has 1 rings (SSSR count). The van der Waals surface area contributed by atoms with E-state index >= 15 is 0 Å². The van der Waals surface area contributed by atoms with Gasteiger partial charge in [-0.2, -0.15) is 0 Å². The fraction of sp³-hybridized carbons (Fsp3) is 0.688. The molecule has 5 nitrogen and oxygen atoms in total. The number of hydrogen-bond donors (Lipinski definition) is 2. The molecule has 0 aromatic carbocycles. The van der Waals surface area contributed by atoms with E-state index in [-0.39, 0.29) is 17.4 Å². The summed E-state index contributed by atoms with van der Waals surface area (Å²) >= 11 is 0. The molecule has 0 amide bonds. The van der Waals surface area contributed by atoms with Gasteiger partial charge in [-0.05, 0) is 25.1 Å². The Balaban J connectivity index is 3.24. The topological polar surface area (TPSA) is 65.8 Å². The van der Waals surface area contributed by atoms with Crippen molar-refractivity contribution in [2.75, 3.05) is 19.0 Å². The zero-order chi connectivity index (χ0) is 17.3. The van der Waals surface area contributed by atoms with Gasteiger partial charge >= 0.3 is 0 Å². The highest BCUT2D eigenvalue weighted by Crippen LogP contribution is 2.39. The molecule has 1 heterocycles. The largest absolute Gasteiger partial charge is 0.506 e. The van der Waals surface area contributed by atoms with Gasteiger partial charge in [0.2, 0.25) is 0 Å². The first kappa shape index (κ1) is 18.9. The van der Waals surface area contributed by atoms with Gasteiger partial charge < -0.3 is 19.5 Å². The molecule has 0 unspecified atom stereocenters. The molecule has 0 bridgehead atoms. The monoisotopic (exact) mass is 326 g/mol. The maximum atomic E-state index is 10.4. The quantitative estimate of drug-likeness (QED) is 0.814. The van der Waals surface area contributed by atoms with Crippen LogP contribution in [0.4, 0.5) is 5.82 Å². The molecule has 0 fully saturated rings. The number of anilines is 1. The van der Waals surface area contributed by atoms with Crippen LogP contribution in [0.5, 0.6) is 5.75 Å². The maximum Gasteiger partial charge on any atom is 0.192 e. The lowest BCUT2D eigenvalue weighted by atomic mass is 10.1. The minimum Gasteiger partial charge on any atom is -0.506 e. The van der Waals surface area contributed by atoms with Gasteiger partial charge in [0, 0.05) is 25.2 Å². The summed E-state index contributed by atoms with van der Waals surface area (Å²) < 4.78 is 6.21. The molecule has 0 saturated heterocycles. The van der Waals surface area contributed by atoms with E-state index in [0.717, 1.165) is 0 Å². The standard InChI is InChI=1S/C16H30N2O3Si/c1-11-14(20)13(10-21-22(7,8)16(2,3)4)12(9-19)15(17-11)18(5)6/h19-20H,9-10H2,1-8H3. The maximum absolute atomic E-state index is 10.4. The van der Waals surface area contributed by atoms with Gasteiger partial charge in [0.05, 0.1) is 18.9 Å². The molecule has 0 aliphatic rings. The zero-order valence-corrected chi connectivity index (χ0v) is 16.1. The molecular formula is C16H30N2O3Si. The zero-order valence-electron chi connectivity index (χ0n) is 15.1. The molecule has 0 spiro atoms. The lowest BCUT2D eigenvalue weighted by Gasteiger charge is -2.36. The van der Waals surface area contributed by atoms with Crippen LogP contribution in [0.2, 0.25) is 18.1 Å². The number of rotatable bonds is 5. The van der Waals surface area contributed by atoms with E-state index in [1.54, 1.807) is 6.92 Å². The van der Waals surface area contributed by atoms with Crippen LogP contribution >= 0.6 is 0 Å². The van der Waals surface area contributed by atoms with Crippen molar-refractivity contribution in [1.82, 2.24) is 4.98 Å². The molecule has 6 heteroatoms. The van der Waals surface area contributed by atoms with Crippen LogP contribution < -0.4 is 4.90 Å². The first-order valence-electron chi connectivity index (χ1n) is 7.55. The Labute approximate surface area is 135 Å². The van der Waals surface area contributed by atoms with Crippen LogP contribution in [0, 0.1) is 6.92 Å². The number of nitrogens with zero attached hydrogens (tertiary/aromatic N) is 2. The molecule has 0 saturated carbocycles. The summed E-state index contributed by atoms with van der Waals surface area (Å²) in [6, 6.07) is 0. The minimum absolute atomic E-state index is 0.0917. The molecule has 1 aromatic heterocycles. The van der Waals surface area contributed by atoms with Gasteiger partial charge in [0.25, 0.3) is 0 Å². The summed E-state index contributed by atoms with van der Waals surface area (Å²) in [6.45, 7) is 12.7. The number of aromatic nitrogens is 1. The number of aromatic hydroxyl groups is 1. The van der Waals surface area contributed by atoms with Crippen molar-refractivity contribution in [1.29, 1.82) is 0 Å². The highest BCUT2D eigenvalue weighted by Gasteiger charge is 2.37. The summed E-state index contributed by atoms with van der Waals surface area (Å²) in [5.74, 6) is 0.792. The Kier molecular flexibility index (Phi) is 5.65. The van der Waals surface area contributed by atoms with Crippen molar-refractivity contribution >= 4 is 14.1 Å². The van der Waals surface area contributed by atoms with Crippen LogP contribution in [0.1, 0.15) is 37.6 Å². The highest BCUT2D eigenvalue weighted by molar-refractivity contribution is 6.74. The van der Waals surface area contributed by atoms with E-state index in [1.807, 2.05) is 19.0 Å². The number of aliphatic hydroxyl groups is 1. The predicted octanol–water partition coefficient (Wildman–Crippen LogP) is 3.18. The average Bonchev–Trinajstić information content (AvgIpc) is 2.38. The highest BCUT2D eigenvalue weighted by atomic mass is 28.4. The second-order valence-electron chi connectivity index (χ2n) is 7.43. The van der Waals surface area contributed by atoms with Crippen molar-refractivity contribution in [3.05, 3.63) is 16.8 Å². The fourth-order valence-electron chi connectivity index (χ4n) is 1.94. The van der Waals surface area contributed by atoms with Crippen LogP contribution in [-0.2, 0) is 17.6 Å². The van der Waals surface area contributed by atoms with Gasteiger partial charge in [-0.15, -0.1) is 0 Å². The van der Waals surface area contributed by atoms with E-state index < -0.39 is 8.32 Å². The van der Waals surface area contributed by atoms with Gasteiger partial charge in [-0.1, -0.05) is 20.8 Å². The van der Waals surface area contributed by atoms with Gasteiger partial charge in [-0.3, -0.25) is 0 Å². The first-order valence-corrected chi connectivity index (χ1v) is 10.5. The number of aliphatic hydroxyl groups excluding tert-OH is 1. The third-order valence-electron chi connectivity index (χ3n) is 4.50. The second-order valence-corrected chi connectivity index (χ2v) is 12.2. The summed E-state index contributed by atoms with van der Waals surface area (Å²) in [6.07, 6.45) is 0. The predicted molar refractivity (Wildman–Crippen MR) is 92.9 cm³/mol. The molecule has 2 N–H and O–H groups in total. The minimum atomic E-state index is -1.94. The first-order chi connectivity index (χ1) is 9.92. The normalized spacial score (nSPS) is 12.6. The second kappa shape index (κ2) is 6.56. The van der Waals surface area contributed by atoms with Crippen LogP contribution in [0.15, 0.2) is 0 Å².